The van der Waals surface area contributed by atoms with E-state index < -0.39 is 0 Å². The summed E-state index contributed by atoms with van der Waals surface area (Å²) in [5, 5.41) is 2.84. The van der Waals surface area contributed by atoms with Crippen molar-refractivity contribution >= 4 is 11.8 Å². The molecule has 26 heavy (non-hydrogen) atoms. The normalized spacial score (nSPS) is 10.2. The van der Waals surface area contributed by atoms with Crippen LogP contribution in [0.3, 0.4) is 0 Å². The number of nitrogens with zero attached hydrogens (tertiary/aromatic N) is 1. The zero-order valence-corrected chi connectivity index (χ0v) is 15.4. The van der Waals surface area contributed by atoms with Crippen molar-refractivity contribution in [1.29, 1.82) is 0 Å². The zero-order valence-electron chi connectivity index (χ0n) is 15.4. The predicted molar refractivity (Wildman–Crippen MR) is 102 cm³/mol. The highest BCUT2D eigenvalue weighted by atomic mass is 16.5. The second kappa shape index (κ2) is 10.2. The molecule has 0 aliphatic carbocycles. The van der Waals surface area contributed by atoms with E-state index in [2.05, 4.69) is 5.32 Å². The topological polar surface area (TPSA) is 58.6 Å². The Bertz CT molecular complexity index is 699. The average molecular weight is 354 g/mol. The van der Waals surface area contributed by atoms with E-state index in [-0.39, 0.29) is 11.8 Å². The standard InChI is InChI=1S/C21H26N2O3/c1-3-26-19-13-11-17(12-14-19)16-23(2)20(24)10-7-15-22-21(25)18-8-5-4-6-9-18/h4-6,8-9,11-14H,3,7,10,15-16H2,1-2H3,(H,22,25). The van der Waals surface area contributed by atoms with Crippen LogP contribution >= 0.6 is 0 Å². The van der Waals surface area contributed by atoms with Crippen molar-refractivity contribution in [2.45, 2.75) is 26.3 Å². The van der Waals surface area contributed by atoms with Gasteiger partial charge in [-0.25, -0.2) is 0 Å². The van der Waals surface area contributed by atoms with Crippen molar-refractivity contribution in [2.75, 3.05) is 20.2 Å². The Morgan fingerprint density at radius 1 is 1.04 bits per heavy atom. The molecule has 0 atom stereocenters. The van der Waals surface area contributed by atoms with Gasteiger partial charge in [0, 0.05) is 32.1 Å². The molecular weight excluding hydrogens is 328 g/mol. The van der Waals surface area contributed by atoms with Gasteiger partial charge in [0.25, 0.3) is 5.91 Å². The van der Waals surface area contributed by atoms with Gasteiger partial charge in [0.1, 0.15) is 5.75 Å². The van der Waals surface area contributed by atoms with Crippen molar-refractivity contribution in [2.24, 2.45) is 0 Å². The quantitative estimate of drug-likeness (QED) is 0.703. The molecule has 0 unspecified atom stereocenters. The zero-order chi connectivity index (χ0) is 18.8. The fourth-order valence-electron chi connectivity index (χ4n) is 2.54. The molecule has 5 nitrogen and oxygen atoms in total. The Morgan fingerprint density at radius 2 is 1.73 bits per heavy atom. The summed E-state index contributed by atoms with van der Waals surface area (Å²) < 4.78 is 5.41. The van der Waals surface area contributed by atoms with Crippen LogP contribution in [-0.4, -0.2) is 36.9 Å². The lowest BCUT2D eigenvalue weighted by Gasteiger charge is -2.17. The van der Waals surface area contributed by atoms with Crippen LogP contribution in [0.25, 0.3) is 0 Å². The number of hydrogen-bond donors (Lipinski definition) is 1. The molecule has 0 saturated carbocycles. The summed E-state index contributed by atoms with van der Waals surface area (Å²) in [5.74, 6) is 0.785. The molecule has 0 radical (unpaired) electrons. The molecule has 1 N–H and O–H groups in total. The molecule has 0 saturated heterocycles. The van der Waals surface area contributed by atoms with Crippen molar-refractivity contribution in [1.82, 2.24) is 10.2 Å². The van der Waals surface area contributed by atoms with Crippen LogP contribution < -0.4 is 10.1 Å². The van der Waals surface area contributed by atoms with Crippen molar-refractivity contribution in [3.63, 3.8) is 0 Å². The Kier molecular flexibility index (Phi) is 7.68. The summed E-state index contributed by atoms with van der Waals surface area (Å²) in [6, 6.07) is 16.8. The van der Waals surface area contributed by atoms with E-state index in [0.29, 0.717) is 38.1 Å². The summed E-state index contributed by atoms with van der Waals surface area (Å²) in [6.45, 7) is 3.62. The van der Waals surface area contributed by atoms with Gasteiger partial charge in [-0.1, -0.05) is 30.3 Å². The Hall–Kier alpha value is -2.82. The molecule has 2 aromatic carbocycles. The fraction of sp³-hybridized carbons (Fsp3) is 0.333. The number of ether oxygens (including phenoxy) is 1. The summed E-state index contributed by atoms with van der Waals surface area (Å²) in [5.41, 5.74) is 1.69. The largest absolute Gasteiger partial charge is 0.494 e. The average Bonchev–Trinajstić information content (AvgIpc) is 2.67. The maximum absolute atomic E-state index is 12.2. The lowest BCUT2D eigenvalue weighted by molar-refractivity contribution is -0.130. The molecular formula is C21H26N2O3. The van der Waals surface area contributed by atoms with Crippen molar-refractivity contribution in [3.8, 4) is 5.75 Å². The summed E-state index contributed by atoms with van der Waals surface area (Å²) in [7, 11) is 1.79. The third-order valence-electron chi connectivity index (χ3n) is 3.97. The van der Waals surface area contributed by atoms with Crippen LogP contribution in [0.1, 0.15) is 35.7 Å². The molecule has 2 rings (SSSR count). The molecule has 0 bridgehead atoms. The van der Waals surface area contributed by atoms with E-state index in [1.165, 1.54) is 0 Å². The smallest absolute Gasteiger partial charge is 0.251 e. The SMILES string of the molecule is CCOc1ccc(CN(C)C(=O)CCCNC(=O)c2ccccc2)cc1. The summed E-state index contributed by atoms with van der Waals surface area (Å²) in [6.07, 6.45) is 1.02. The van der Waals surface area contributed by atoms with Gasteiger partial charge >= 0.3 is 0 Å². The van der Waals surface area contributed by atoms with Crippen molar-refractivity contribution in [3.05, 3.63) is 65.7 Å². The van der Waals surface area contributed by atoms with Crippen LogP contribution in [0.2, 0.25) is 0 Å². The molecule has 0 heterocycles. The van der Waals surface area contributed by atoms with Gasteiger partial charge in [-0.05, 0) is 43.2 Å². The third-order valence-corrected chi connectivity index (χ3v) is 3.97. The number of benzene rings is 2. The molecule has 2 amide bonds. The van der Waals surface area contributed by atoms with E-state index in [1.807, 2.05) is 49.4 Å². The van der Waals surface area contributed by atoms with Gasteiger partial charge in [-0.15, -0.1) is 0 Å². The fourth-order valence-corrected chi connectivity index (χ4v) is 2.54. The molecule has 2 aromatic rings. The van der Waals surface area contributed by atoms with Gasteiger partial charge in [0.05, 0.1) is 6.61 Å². The number of carbonyl (C=O) groups excluding carboxylic acids is 2. The molecule has 0 aliphatic rings. The van der Waals surface area contributed by atoms with Gasteiger partial charge < -0.3 is 15.0 Å². The summed E-state index contributed by atoms with van der Waals surface area (Å²) >= 11 is 0. The second-order valence-electron chi connectivity index (χ2n) is 6.05. The number of hydrogen-bond acceptors (Lipinski definition) is 3. The number of amides is 2. The van der Waals surface area contributed by atoms with Gasteiger partial charge in [0.2, 0.25) is 5.91 Å². The minimum atomic E-state index is -0.110. The third kappa shape index (κ3) is 6.24. The number of carbonyl (C=O) groups is 2. The lowest BCUT2D eigenvalue weighted by atomic mass is 10.2. The maximum Gasteiger partial charge on any atom is 0.251 e. The maximum atomic E-state index is 12.2. The number of nitrogens with one attached hydrogen (secondary N) is 1. The van der Waals surface area contributed by atoms with E-state index >= 15 is 0 Å². The first-order valence-corrected chi connectivity index (χ1v) is 8.89. The van der Waals surface area contributed by atoms with Crippen LogP contribution in [0.5, 0.6) is 5.75 Å². The minimum Gasteiger partial charge on any atom is -0.494 e. The van der Waals surface area contributed by atoms with Gasteiger partial charge in [-0.2, -0.15) is 0 Å². The molecule has 0 spiro atoms. The molecule has 5 heteroatoms. The molecule has 0 aromatic heterocycles. The molecule has 138 valence electrons. The van der Waals surface area contributed by atoms with Gasteiger partial charge in [0.15, 0.2) is 0 Å². The van der Waals surface area contributed by atoms with Crippen LogP contribution in [-0.2, 0) is 11.3 Å². The Morgan fingerprint density at radius 3 is 2.38 bits per heavy atom. The molecule has 0 fully saturated rings. The first-order valence-electron chi connectivity index (χ1n) is 8.89. The first kappa shape index (κ1) is 19.5. The highest BCUT2D eigenvalue weighted by Crippen LogP contribution is 2.13. The monoisotopic (exact) mass is 354 g/mol. The minimum absolute atomic E-state index is 0.0628. The van der Waals surface area contributed by atoms with E-state index in [4.69, 9.17) is 4.74 Å². The lowest BCUT2D eigenvalue weighted by Crippen LogP contribution is -2.28. The predicted octanol–water partition coefficient (Wildman–Crippen LogP) is 3.25. The van der Waals surface area contributed by atoms with Crippen LogP contribution in [0.15, 0.2) is 54.6 Å². The molecule has 0 aliphatic heterocycles. The van der Waals surface area contributed by atoms with E-state index in [1.54, 1.807) is 24.1 Å². The summed E-state index contributed by atoms with van der Waals surface area (Å²) in [4.78, 5) is 25.8. The number of rotatable bonds is 9. The van der Waals surface area contributed by atoms with Crippen LogP contribution in [0, 0.1) is 0 Å². The van der Waals surface area contributed by atoms with E-state index in [0.717, 1.165) is 11.3 Å². The highest BCUT2D eigenvalue weighted by molar-refractivity contribution is 5.94. The van der Waals surface area contributed by atoms with Crippen LogP contribution in [0.4, 0.5) is 0 Å². The highest BCUT2D eigenvalue weighted by Gasteiger charge is 2.10. The first-order chi connectivity index (χ1) is 12.6. The van der Waals surface area contributed by atoms with Crippen molar-refractivity contribution < 1.29 is 14.3 Å². The Labute approximate surface area is 155 Å². The Balaban J connectivity index is 1.69. The van der Waals surface area contributed by atoms with Gasteiger partial charge in [-0.3, -0.25) is 9.59 Å². The second-order valence-corrected chi connectivity index (χ2v) is 6.05. The van der Waals surface area contributed by atoms with E-state index in [9.17, 15) is 9.59 Å².